The van der Waals surface area contributed by atoms with Gasteiger partial charge in [-0.1, -0.05) is 59.6 Å². The smallest absolute Gasteiger partial charge is 0.226 e. The summed E-state index contributed by atoms with van der Waals surface area (Å²) in [6.45, 7) is 0.462. The average molecular weight is 367 g/mol. The molecule has 0 saturated heterocycles. The molecule has 0 bridgehead atoms. The first kappa shape index (κ1) is 17.7. The van der Waals surface area contributed by atoms with E-state index >= 15 is 0 Å². The first-order valence-corrected chi connectivity index (χ1v) is 8.27. The lowest BCUT2D eigenvalue weighted by Gasteiger charge is -2.10. The minimum Gasteiger partial charge on any atom is -0.358 e. The molecule has 0 spiro atoms. The van der Waals surface area contributed by atoms with E-state index < -0.39 is 0 Å². The number of hydrogen-bond donors (Lipinski definition) is 2. The highest BCUT2D eigenvalue weighted by molar-refractivity contribution is 7.80. The predicted octanol–water partition coefficient (Wildman–Crippen LogP) is 4.12. The molecule has 2 aromatic carbocycles. The SMILES string of the molecule is O=C(CCc1ccccc1Cl)NC(=S)NCc1ccccc1Cl. The highest BCUT2D eigenvalue weighted by atomic mass is 35.5. The van der Waals surface area contributed by atoms with Gasteiger partial charge in [-0.25, -0.2) is 0 Å². The van der Waals surface area contributed by atoms with E-state index in [2.05, 4.69) is 10.6 Å². The number of amides is 1. The van der Waals surface area contributed by atoms with Gasteiger partial charge in [-0.05, 0) is 41.9 Å². The molecule has 0 heterocycles. The summed E-state index contributed by atoms with van der Waals surface area (Å²) < 4.78 is 0. The fourth-order valence-electron chi connectivity index (χ4n) is 2.00. The highest BCUT2D eigenvalue weighted by Crippen LogP contribution is 2.16. The molecule has 0 saturated carbocycles. The monoisotopic (exact) mass is 366 g/mol. The number of benzene rings is 2. The Morgan fingerprint density at radius 3 is 2.13 bits per heavy atom. The molecule has 0 radical (unpaired) electrons. The summed E-state index contributed by atoms with van der Waals surface area (Å²) >= 11 is 17.2. The van der Waals surface area contributed by atoms with Crippen LogP contribution in [0.5, 0.6) is 0 Å². The Labute approximate surface area is 151 Å². The minimum absolute atomic E-state index is 0.151. The fourth-order valence-corrected chi connectivity index (χ4v) is 2.62. The molecular weight excluding hydrogens is 351 g/mol. The van der Waals surface area contributed by atoms with E-state index in [9.17, 15) is 4.79 Å². The van der Waals surface area contributed by atoms with Crippen LogP contribution in [0.1, 0.15) is 17.5 Å². The number of carbonyl (C=O) groups is 1. The summed E-state index contributed by atoms with van der Waals surface area (Å²) in [5.41, 5.74) is 1.86. The second kappa shape index (κ2) is 8.87. The molecule has 0 aromatic heterocycles. The van der Waals surface area contributed by atoms with Crippen LogP contribution in [-0.4, -0.2) is 11.0 Å². The van der Waals surface area contributed by atoms with Crippen LogP contribution < -0.4 is 10.6 Å². The Morgan fingerprint density at radius 2 is 1.52 bits per heavy atom. The van der Waals surface area contributed by atoms with Crippen LogP contribution in [0.15, 0.2) is 48.5 Å². The molecule has 2 aromatic rings. The van der Waals surface area contributed by atoms with Crippen molar-refractivity contribution in [1.82, 2.24) is 10.6 Å². The van der Waals surface area contributed by atoms with Crippen LogP contribution in [0.2, 0.25) is 10.0 Å². The molecule has 23 heavy (non-hydrogen) atoms. The molecule has 0 fully saturated rings. The molecule has 0 unspecified atom stereocenters. The second-order valence-electron chi connectivity index (χ2n) is 4.91. The molecule has 120 valence electrons. The largest absolute Gasteiger partial charge is 0.358 e. The van der Waals surface area contributed by atoms with Gasteiger partial charge in [0.05, 0.1) is 0 Å². The number of nitrogens with one attached hydrogen (secondary N) is 2. The second-order valence-corrected chi connectivity index (χ2v) is 6.14. The van der Waals surface area contributed by atoms with Gasteiger partial charge in [0.15, 0.2) is 5.11 Å². The molecule has 1 amide bonds. The van der Waals surface area contributed by atoms with Crippen molar-refractivity contribution < 1.29 is 4.79 Å². The molecule has 0 aliphatic carbocycles. The third-order valence-corrected chi connectivity index (χ3v) is 4.21. The Hall–Kier alpha value is -1.62. The summed E-state index contributed by atoms with van der Waals surface area (Å²) in [5, 5.41) is 7.24. The molecule has 0 aliphatic heterocycles. The molecule has 2 rings (SSSR count). The molecule has 2 N–H and O–H groups in total. The van der Waals surface area contributed by atoms with Crippen molar-refractivity contribution in [3.8, 4) is 0 Å². The van der Waals surface area contributed by atoms with Crippen LogP contribution >= 0.6 is 35.4 Å². The van der Waals surface area contributed by atoms with Crippen molar-refractivity contribution in [3.05, 3.63) is 69.7 Å². The first-order chi connectivity index (χ1) is 11.1. The fraction of sp³-hybridized carbons (Fsp3) is 0.176. The van der Waals surface area contributed by atoms with Crippen molar-refractivity contribution in [1.29, 1.82) is 0 Å². The van der Waals surface area contributed by atoms with E-state index in [0.29, 0.717) is 29.4 Å². The summed E-state index contributed by atoms with van der Waals surface area (Å²) in [6, 6.07) is 14.9. The van der Waals surface area contributed by atoms with E-state index in [0.717, 1.165) is 11.1 Å². The van der Waals surface area contributed by atoms with Crippen LogP contribution in [0.25, 0.3) is 0 Å². The maximum Gasteiger partial charge on any atom is 0.226 e. The van der Waals surface area contributed by atoms with E-state index in [-0.39, 0.29) is 11.0 Å². The van der Waals surface area contributed by atoms with Crippen LogP contribution in [0.3, 0.4) is 0 Å². The van der Waals surface area contributed by atoms with E-state index in [1.165, 1.54) is 0 Å². The number of carbonyl (C=O) groups excluding carboxylic acids is 1. The lowest BCUT2D eigenvalue weighted by atomic mass is 10.1. The van der Waals surface area contributed by atoms with Gasteiger partial charge in [0.2, 0.25) is 5.91 Å². The number of thiocarbonyl (C=S) groups is 1. The van der Waals surface area contributed by atoms with Gasteiger partial charge < -0.3 is 10.6 Å². The Bertz CT molecular complexity index is 647. The van der Waals surface area contributed by atoms with Crippen molar-refractivity contribution >= 4 is 46.4 Å². The van der Waals surface area contributed by atoms with Gasteiger partial charge in [-0.15, -0.1) is 0 Å². The Morgan fingerprint density at radius 1 is 0.957 bits per heavy atom. The van der Waals surface area contributed by atoms with Gasteiger partial charge >= 0.3 is 0 Å². The standard InChI is InChI=1S/C17H16Cl2N2OS/c18-14-7-3-1-5-12(14)9-10-16(22)21-17(23)20-11-13-6-2-4-8-15(13)19/h1-8H,9-11H2,(H2,20,21,22,23). The number of aryl methyl sites for hydroxylation is 1. The summed E-state index contributed by atoms with van der Waals surface area (Å²) in [6.07, 6.45) is 0.885. The lowest BCUT2D eigenvalue weighted by Crippen LogP contribution is -2.39. The Kier molecular flexibility index (Phi) is 6.84. The summed E-state index contributed by atoms with van der Waals surface area (Å²) in [4.78, 5) is 11.9. The maximum atomic E-state index is 11.9. The lowest BCUT2D eigenvalue weighted by molar-refractivity contribution is -0.119. The van der Waals surface area contributed by atoms with Gasteiger partial charge in [0.25, 0.3) is 0 Å². The van der Waals surface area contributed by atoms with Crippen LogP contribution in [-0.2, 0) is 17.8 Å². The molecule has 6 heteroatoms. The van der Waals surface area contributed by atoms with Gasteiger partial charge in [0.1, 0.15) is 0 Å². The Balaban J connectivity index is 1.76. The average Bonchev–Trinajstić information content (AvgIpc) is 2.53. The van der Waals surface area contributed by atoms with Crippen LogP contribution in [0.4, 0.5) is 0 Å². The molecule has 3 nitrogen and oxygen atoms in total. The van der Waals surface area contributed by atoms with Crippen molar-refractivity contribution in [2.45, 2.75) is 19.4 Å². The summed E-state index contributed by atoms with van der Waals surface area (Å²) in [7, 11) is 0. The zero-order valence-corrected chi connectivity index (χ0v) is 14.6. The third kappa shape index (κ3) is 5.82. The quantitative estimate of drug-likeness (QED) is 0.782. The normalized spacial score (nSPS) is 10.2. The number of halogens is 2. The predicted molar refractivity (Wildman–Crippen MR) is 98.8 cm³/mol. The molecule has 0 atom stereocenters. The third-order valence-electron chi connectivity index (χ3n) is 3.23. The topological polar surface area (TPSA) is 41.1 Å². The first-order valence-electron chi connectivity index (χ1n) is 7.11. The number of hydrogen-bond acceptors (Lipinski definition) is 2. The van der Waals surface area contributed by atoms with Crippen molar-refractivity contribution in [2.75, 3.05) is 0 Å². The van der Waals surface area contributed by atoms with Gasteiger partial charge in [-0.2, -0.15) is 0 Å². The van der Waals surface area contributed by atoms with E-state index in [4.69, 9.17) is 35.4 Å². The van der Waals surface area contributed by atoms with Gasteiger partial charge in [-0.3, -0.25) is 4.79 Å². The van der Waals surface area contributed by atoms with Crippen molar-refractivity contribution in [2.24, 2.45) is 0 Å². The zero-order valence-electron chi connectivity index (χ0n) is 12.3. The van der Waals surface area contributed by atoms with Crippen molar-refractivity contribution in [3.63, 3.8) is 0 Å². The minimum atomic E-state index is -0.151. The van der Waals surface area contributed by atoms with Gasteiger partial charge in [0, 0.05) is 23.0 Å². The summed E-state index contributed by atoms with van der Waals surface area (Å²) in [5.74, 6) is -0.151. The highest BCUT2D eigenvalue weighted by Gasteiger charge is 2.07. The maximum absolute atomic E-state index is 11.9. The molecule has 0 aliphatic rings. The van der Waals surface area contributed by atoms with Crippen LogP contribution in [0, 0.1) is 0 Å². The van der Waals surface area contributed by atoms with E-state index in [1.54, 1.807) is 0 Å². The molecular formula is C17H16Cl2N2OS. The van der Waals surface area contributed by atoms with E-state index in [1.807, 2.05) is 48.5 Å². The zero-order chi connectivity index (χ0) is 16.7. The number of rotatable bonds is 5.